The van der Waals surface area contributed by atoms with Gasteiger partial charge < -0.3 is 15.5 Å². The van der Waals surface area contributed by atoms with Crippen LogP contribution in [0, 0.1) is 5.41 Å². The summed E-state index contributed by atoms with van der Waals surface area (Å²) in [4.78, 5) is 0. The third kappa shape index (κ3) is 3.34. The molecule has 0 aliphatic heterocycles. The first-order valence-corrected chi connectivity index (χ1v) is 4.28. The molecule has 0 unspecified atom stereocenters. The van der Waals surface area contributed by atoms with Crippen LogP contribution >= 0.6 is 0 Å². The molecule has 3 N–H and O–H groups in total. The highest BCUT2D eigenvalue weighted by Crippen LogP contribution is 2.18. The number of hydrogen-bond acceptors (Lipinski definition) is 3. The Morgan fingerprint density at radius 3 is 2.33 bits per heavy atom. The maximum Gasteiger partial charge on any atom is 0.0521 e. The Balaban J connectivity index is 3.84. The zero-order valence-electron chi connectivity index (χ0n) is 7.71. The molecule has 3 heteroatoms. The van der Waals surface area contributed by atoms with Crippen LogP contribution in [-0.2, 0) is 0 Å². The van der Waals surface area contributed by atoms with Gasteiger partial charge in [0.25, 0.3) is 0 Å². The average molecular weight is 173 g/mol. The van der Waals surface area contributed by atoms with Crippen LogP contribution in [0.15, 0.2) is 12.7 Å². The fraction of sp³-hybridized carbons (Fsp3) is 0.778. The third-order valence-electron chi connectivity index (χ3n) is 2.21. The normalized spacial score (nSPS) is 11.6. The van der Waals surface area contributed by atoms with Crippen LogP contribution in [-0.4, -0.2) is 36.5 Å². The van der Waals surface area contributed by atoms with Crippen molar-refractivity contribution in [1.82, 2.24) is 5.32 Å². The van der Waals surface area contributed by atoms with Gasteiger partial charge in [0, 0.05) is 18.5 Å². The molecule has 0 bridgehead atoms. The lowest BCUT2D eigenvalue weighted by molar-refractivity contribution is 0.0519. The van der Waals surface area contributed by atoms with Gasteiger partial charge in [0.15, 0.2) is 0 Å². The highest BCUT2D eigenvalue weighted by atomic mass is 16.3. The van der Waals surface area contributed by atoms with E-state index in [1.165, 1.54) is 0 Å². The predicted molar refractivity (Wildman–Crippen MR) is 50.0 cm³/mol. The summed E-state index contributed by atoms with van der Waals surface area (Å²) in [6.45, 7) is 6.90. The van der Waals surface area contributed by atoms with E-state index in [0.717, 1.165) is 6.42 Å². The van der Waals surface area contributed by atoms with Crippen LogP contribution in [0.1, 0.15) is 13.3 Å². The summed E-state index contributed by atoms with van der Waals surface area (Å²) in [6, 6.07) is 0. The number of rotatable bonds is 7. The lowest BCUT2D eigenvalue weighted by Gasteiger charge is -2.28. The highest BCUT2D eigenvalue weighted by Gasteiger charge is 2.25. The van der Waals surface area contributed by atoms with Crippen LogP contribution < -0.4 is 5.32 Å². The largest absolute Gasteiger partial charge is 0.396 e. The van der Waals surface area contributed by atoms with Gasteiger partial charge in [0.05, 0.1) is 13.2 Å². The van der Waals surface area contributed by atoms with E-state index in [1.54, 1.807) is 6.08 Å². The van der Waals surface area contributed by atoms with Gasteiger partial charge in [-0.1, -0.05) is 13.0 Å². The molecule has 0 aromatic carbocycles. The minimum absolute atomic E-state index is 0.0180. The van der Waals surface area contributed by atoms with Crippen molar-refractivity contribution >= 4 is 0 Å². The predicted octanol–water partition coefficient (Wildman–Crippen LogP) is 0.143. The molecule has 72 valence electrons. The van der Waals surface area contributed by atoms with Gasteiger partial charge in [-0.15, -0.1) is 6.58 Å². The Morgan fingerprint density at radius 1 is 1.42 bits per heavy atom. The molecule has 0 aliphatic rings. The lowest BCUT2D eigenvalue weighted by Crippen LogP contribution is -2.40. The molecule has 0 amide bonds. The van der Waals surface area contributed by atoms with E-state index in [2.05, 4.69) is 11.9 Å². The van der Waals surface area contributed by atoms with Gasteiger partial charge in [0.1, 0.15) is 0 Å². The van der Waals surface area contributed by atoms with Crippen LogP contribution in [0.5, 0.6) is 0 Å². The standard InChI is InChI=1S/C9H19NO2/c1-3-5-10-6-9(4-2,7-11)8-12/h3,10-12H,1,4-8H2,2H3. The molecule has 0 aliphatic carbocycles. The van der Waals surface area contributed by atoms with Gasteiger partial charge in [-0.2, -0.15) is 0 Å². The molecule has 0 rings (SSSR count). The summed E-state index contributed by atoms with van der Waals surface area (Å²) in [5.41, 5.74) is -0.372. The molecule has 0 aromatic rings. The lowest BCUT2D eigenvalue weighted by atomic mass is 9.87. The van der Waals surface area contributed by atoms with E-state index in [4.69, 9.17) is 10.2 Å². The van der Waals surface area contributed by atoms with Crippen molar-refractivity contribution in [3.8, 4) is 0 Å². The van der Waals surface area contributed by atoms with Gasteiger partial charge >= 0.3 is 0 Å². The van der Waals surface area contributed by atoms with E-state index >= 15 is 0 Å². The fourth-order valence-electron chi connectivity index (χ4n) is 0.950. The van der Waals surface area contributed by atoms with Gasteiger partial charge in [0.2, 0.25) is 0 Å². The molecule has 0 atom stereocenters. The van der Waals surface area contributed by atoms with Gasteiger partial charge in [-0.3, -0.25) is 0 Å². The second kappa shape index (κ2) is 6.17. The highest BCUT2D eigenvalue weighted by molar-refractivity contribution is 4.81. The Hall–Kier alpha value is -0.380. The molecule has 0 radical (unpaired) electrons. The Kier molecular flexibility index (Phi) is 5.98. The van der Waals surface area contributed by atoms with Crippen molar-refractivity contribution < 1.29 is 10.2 Å². The first kappa shape index (κ1) is 11.6. The first-order chi connectivity index (χ1) is 5.74. The Labute approximate surface area is 74.1 Å². The number of hydrogen-bond donors (Lipinski definition) is 3. The molecule has 3 nitrogen and oxygen atoms in total. The van der Waals surface area contributed by atoms with Crippen molar-refractivity contribution in [3.63, 3.8) is 0 Å². The Bertz CT molecular complexity index is 113. The van der Waals surface area contributed by atoms with Gasteiger partial charge in [-0.25, -0.2) is 0 Å². The maximum absolute atomic E-state index is 9.05. The second-order valence-corrected chi connectivity index (χ2v) is 3.09. The van der Waals surface area contributed by atoms with E-state index in [9.17, 15) is 0 Å². The van der Waals surface area contributed by atoms with E-state index < -0.39 is 0 Å². The molecule has 12 heavy (non-hydrogen) atoms. The van der Waals surface area contributed by atoms with Crippen molar-refractivity contribution in [1.29, 1.82) is 0 Å². The molecule has 0 saturated heterocycles. The minimum atomic E-state index is -0.372. The summed E-state index contributed by atoms with van der Waals surface area (Å²) in [7, 11) is 0. The smallest absolute Gasteiger partial charge is 0.0521 e. The molecule has 0 heterocycles. The molecular weight excluding hydrogens is 154 g/mol. The molecule has 0 fully saturated rings. The summed E-state index contributed by atoms with van der Waals surface area (Å²) in [6.07, 6.45) is 2.53. The van der Waals surface area contributed by atoms with E-state index in [1.807, 2.05) is 6.92 Å². The monoisotopic (exact) mass is 173 g/mol. The zero-order chi connectivity index (χ0) is 9.45. The molecular formula is C9H19NO2. The van der Waals surface area contributed by atoms with Crippen LogP contribution in [0.25, 0.3) is 0 Å². The first-order valence-electron chi connectivity index (χ1n) is 4.28. The maximum atomic E-state index is 9.05. The topological polar surface area (TPSA) is 52.5 Å². The number of aliphatic hydroxyl groups excluding tert-OH is 2. The minimum Gasteiger partial charge on any atom is -0.396 e. The molecule has 0 saturated carbocycles. The summed E-state index contributed by atoms with van der Waals surface area (Å²) in [5, 5.41) is 21.2. The van der Waals surface area contributed by atoms with Crippen molar-refractivity contribution in [3.05, 3.63) is 12.7 Å². The van der Waals surface area contributed by atoms with Crippen molar-refractivity contribution in [2.75, 3.05) is 26.3 Å². The number of aliphatic hydroxyl groups is 2. The fourth-order valence-corrected chi connectivity index (χ4v) is 0.950. The average Bonchev–Trinajstić information content (AvgIpc) is 2.14. The van der Waals surface area contributed by atoms with E-state index in [-0.39, 0.29) is 18.6 Å². The SMILES string of the molecule is C=CCNCC(CC)(CO)CO. The van der Waals surface area contributed by atoms with Crippen LogP contribution in [0.3, 0.4) is 0 Å². The third-order valence-corrected chi connectivity index (χ3v) is 2.21. The zero-order valence-corrected chi connectivity index (χ0v) is 7.71. The molecule has 0 spiro atoms. The van der Waals surface area contributed by atoms with Crippen molar-refractivity contribution in [2.45, 2.75) is 13.3 Å². The number of nitrogens with one attached hydrogen (secondary N) is 1. The second-order valence-electron chi connectivity index (χ2n) is 3.09. The van der Waals surface area contributed by atoms with Crippen LogP contribution in [0.2, 0.25) is 0 Å². The molecule has 0 aromatic heterocycles. The quantitative estimate of drug-likeness (QED) is 0.379. The van der Waals surface area contributed by atoms with Gasteiger partial charge in [-0.05, 0) is 6.42 Å². The van der Waals surface area contributed by atoms with Crippen LogP contribution in [0.4, 0.5) is 0 Å². The Morgan fingerprint density at radius 2 is 2.00 bits per heavy atom. The summed E-state index contributed by atoms with van der Waals surface area (Å²) >= 11 is 0. The van der Waals surface area contributed by atoms with Crippen molar-refractivity contribution in [2.24, 2.45) is 5.41 Å². The van der Waals surface area contributed by atoms with E-state index in [0.29, 0.717) is 13.1 Å². The summed E-state index contributed by atoms with van der Waals surface area (Å²) < 4.78 is 0. The summed E-state index contributed by atoms with van der Waals surface area (Å²) in [5.74, 6) is 0.